The van der Waals surface area contributed by atoms with Gasteiger partial charge in [-0.25, -0.2) is 4.98 Å². The van der Waals surface area contributed by atoms with Crippen LogP contribution in [0.2, 0.25) is 0 Å². The second-order valence-electron chi connectivity index (χ2n) is 6.17. The van der Waals surface area contributed by atoms with Gasteiger partial charge in [0.1, 0.15) is 5.82 Å². The van der Waals surface area contributed by atoms with E-state index in [1.807, 2.05) is 67.1 Å². The number of nitrogens with one attached hydrogen (secondary N) is 1. The van der Waals surface area contributed by atoms with Crippen LogP contribution >= 0.6 is 11.8 Å². The van der Waals surface area contributed by atoms with Gasteiger partial charge in [-0.05, 0) is 37.1 Å². The van der Waals surface area contributed by atoms with Crippen molar-refractivity contribution in [3.63, 3.8) is 0 Å². The van der Waals surface area contributed by atoms with Gasteiger partial charge in [-0.2, -0.15) is 0 Å². The van der Waals surface area contributed by atoms with E-state index in [0.717, 1.165) is 22.8 Å². The Kier molecular flexibility index (Phi) is 6.12. The first-order valence-corrected chi connectivity index (χ1v) is 9.71. The number of carbonyl (C=O) groups excluding carboxylic acids is 1. The lowest BCUT2D eigenvalue weighted by Gasteiger charge is -2.12. The average Bonchev–Trinajstić information content (AvgIpc) is 3.11. The van der Waals surface area contributed by atoms with Crippen molar-refractivity contribution in [1.29, 1.82) is 0 Å². The van der Waals surface area contributed by atoms with Crippen LogP contribution in [-0.2, 0) is 17.1 Å². The monoisotopic (exact) mass is 365 g/mol. The number of hydrogen-bond acceptors (Lipinski definition) is 3. The van der Waals surface area contributed by atoms with Gasteiger partial charge in [-0.1, -0.05) is 42.5 Å². The summed E-state index contributed by atoms with van der Waals surface area (Å²) >= 11 is 1.65. The van der Waals surface area contributed by atoms with Gasteiger partial charge in [-0.15, -0.1) is 11.8 Å². The van der Waals surface area contributed by atoms with Crippen LogP contribution in [0.1, 0.15) is 23.9 Å². The lowest BCUT2D eigenvalue weighted by Crippen LogP contribution is -2.30. The fraction of sp³-hybridized carbons (Fsp3) is 0.238. The van der Waals surface area contributed by atoms with Crippen LogP contribution in [0.25, 0.3) is 5.69 Å². The Morgan fingerprint density at radius 3 is 2.50 bits per heavy atom. The number of carbonyl (C=O) groups is 1. The number of benzene rings is 2. The quantitative estimate of drug-likeness (QED) is 0.685. The summed E-state index contributed by atoms with van der Waals surface area (Å²) in [6.45, 7) is 4.47. The van der Waals surface area contributed by atoms with Crippen molar-refractivity contribution in [2.75, 3.05) is 0 Å². The molecule has 1 heterocycles. The highest BCUT2D eigenvalue weighted by molar-refractivity contribution is 7.99. The molecule has 0 aliphatic carbocycles. The van der Waals surface area contributed by atoms with Gasteiger partial charge in [0.05, 0.1) is 5.25 Å². The average molecular weight is 366 g/mol. The molecule has 0 unspecified atom stereocenters. The van der Waals surface area contributed by atoms with Gasteiger partial charge < -0.3 is 9.88 Å². The van der Waals surface area contributed by atoms with Gasteiger partial charge in [0.15, 0.2) is 0 Å². The molecule has 3 aromatic rings. The van der Waals surface area contributed by atoms with Crippen LogP contribution in [0.15, 0.2) is 67.0 Å². The van der Waals surface area contributed by atoms with Crippen LogP contribution in [0.3, 0.4) is 0 Å². The van der Waals surface area contributed by atoms with Crippen molar-refractivity contribution in [3.05, 3.63) is 83.9 Å². The minimum atomic E-state index is -0.0805. The molecule has 5 heteroatoms. The predicted molar refractivity (Wildman–Crippen MR) is 107 cm³/mol. The first kappa shape index (κ1) is 18.3. The minimum Gasteiger partial charge on any atom is -0.351 e. The summed E-state index contributed by atoms with van der Waals surface area (Å²) in [7, 11) is 0. The van der Waals surface area contributed by atoms with E-state index in [-0.39, 0.29) is 11.2 Å². The fourth-order valence-corrected chi connectivity index (χ4v) is 3.50. The molecular weight excluding hydrogens is 342 g/mol. The predicted octanol–water partition coefficient (Wildman–Crippen LogP) is 4.12. The molecule has 26 heavy (non-hydrogen) atoms. The van der Waals surface area contributed by atoms with E-state index < -0.39 is 0 Å². The Morgan fingerprint density at radius 2 is 1.85 bits per heavy atom. The summed E-state index contributed by atoms with van der Waals surface area (Å²) in [5.41, 5.74) is 3.39. The van der Waals surface area contributed by atoms with Crippen molar-refractivity contribution in [1.82, 2.24) is 14.9 Å². The number of hydrogen-bond donors (Lipinski definition) is 1. The first-order valence-electron chi connectivity index (χ1n) is 8.66. The van der Waals surface area contributed by atoms with E-state index in [4.69, 9.17) is 0 Å². The zero-order chi connectivity index (χ0) is 18.4. The molecule has 3 rings (SSSR count). The number of aryl methyl sites for hydroxylation is 1. The van der Waals surface area contributed by atoms with E-state index in [1.54, 1.807) is 18.0 Å². The molecule has 1 atom stereocenters. The van der Waals surface area contributed by atoms with E-state index in [1.165, 1.54) is 5.56 Å². The molecule has 2 aromatic carbocycles. The Morgan fingerprint density at radius 1 is 1.12 bits per heavy atom. The van der Waals surface area contributed by atoms with Crippen molar-refractivity contribution in [2.45, 2.75) is 31.4 Å². The summed E-state index contributed by atoms with van der Waals surface area (Å²) in [4.78, 5) is 16.5. The van der Waals surface area contributed by atoms with E-state index in [9.17, 15) is 4.79 Å². The van der Waals surface area contributed by atoms with E-state index in [0.29, 0.717) is 6.54 Å². The second kappa shape index (κ2) is 8.72. The molecule has 1 N–H and O–H groups in total. The third kappa shape index (κ3) is 4.76. The molecule has 0 saturated heterocycles. The topological polar surface area (TPSA) is 46.9 Å². The van der Waals surface area contributed by atoms with Crippen molar-refractivity contribution in [2.24, 2.45) is 0 Å². The molecule has 0 fully saturated rings. The molecule has 0 bridgehead atoms. The molecular formula is C21H23N3OS. The third-order valence-electron chi connectivity index (χ3n) is 4.22. The summed E-state index contributed by atoms with van der Waals surface area (Å²) in [5.74, 6) is 1.87. The van der Waals surface area contributed by atoms with Crippen LogP contribution in [0.5, 0.6) is 0 Å². The molecule has 0 aliphatic rings. The highest BCUT2D eigenvalue weighted by Gasteiger charge is 2.13. The first-order chi connectivity index (χ1) is 12.6. The zero-order valence-electron chi connectivity index (χ0n) is 15.1. The molecule has 1 amide bonds. The molecule has 1 aromatic heterocycles. The highest BCUT2D eigenvalue weighted by atomic mass is 32.2. The zero-order valence-corrected chi connectivity index (χ0v) is 15.9. The smallest absolute Gasteiger partial charge is 0.233 e. The second-order valence-corrected chi connectivity index (χ2v) is 7.50. The van der Waals surface area contributed by atoms with Gasteiger partial charge in [0.25, 0.3) is 0 Å². The van der Waals surface area contributed by atoms with Gasteiger partial charge in [0.2, 0.25) is 5.91 Å². The number of thioether (sulfide) groups is 1. The Balaban J connectivity index is 1.48. The Labute approximate surface area is 158 Å². The number of amides is 1. The lowest BCUT2D eigenvalue weighted by atomic mass is 10.2. The van der Waals surface area contributed by atoms with Crippen LogP contribution in [-0.4, -0.2) is 20.7 Å². The van der Waals surface area contributed by atoms with Crippen molar-refractivity contribution < 1.29 is 4.79 Å². The lowest BCUT2D eigenvalue weighted by molar-refractivity contribution is -0.120. The molecule has 4 nitrogen and oxygen atoms in total. The summed E-state index contributed by atoms with van der Waals surface area (Å²) < 4.78 is 2.03. The van der Waals surface area contributed by atoms with Crippen LogP contribution in [0.4, 0.5) is 0 Å². The molecule has 0 spiro atoms. The van der Waals surface area contributed by atoms with Crippen LogP contribution < -0.4 is 5.32 Å². The number of rotatable bonds is 7. The maximum absolute atomic E-state index is 12.3. The van der Waals surface area contributed by atoms with Crippen molar-refractivity contribution >= 4 is 17.7 Å². The summed E-state index contributed by atoms with van der Waals surface area (Å²) in [6, 6.07) is 18.4. The van der Waals surface area contributed by atoms with Crippen molar-refractivity contribution in [3.8, 4) is 5.69 Å². The number of nitrogens with zero attached hydrogens (tertiary/aromatic N) is 2. The largest absolute Gasteiger partial charge is 0.351 e. The SMILES string of the molecule is Cc1nccn1-c1ccc(CNC(=O)[C@H](C)SCc2ccccc2)cc1. The molecule has 0 saturated carbocycles. The fourth-order valence-electron chi connectivity index (χ4n) is 2.63. The Hall–Kier alpha value is -2.53. The van der Waals surface area contributed by atoms with E-state index in [2.05, 4.69) is 22.4 Å². The van der Waals surface area contributed by atoms with Gasteiger partial charge >= 0.3 is 0 Å². The van der Waals surface area contributed by atoms with Crippen LogP contribution in [0, 0.1) is 6.92 Å². The van der Waals surface area contributed by atoms with Gasteiger partial charge in [0, 0.05) is 30.4 Å². The standard InChI is InChI=1S/C21H23N3OS/c1-16(26-15-19-6-4-3-5-7-19)21(25)23-14-18-8-10-20(11-9-18)24-13-12-22-17(24)2/h3-13,16H,14-15H2,1-2H3,(H,23,25)/t16-/m0/s1. The third-order valence-corrected chi connectivity index (χ3v) is 5.43. The summed E-state index contributed by atoms with van der Waals surface area (Å²) in [5, 5.41) is 2.94. The maximum Gasteiger partial charge on any atom is 0.233 e. The highest BCUT2D eigenvalue weighted by Crippen LogP contribution is 2.18. The molecule has 0 aliphatic heterocycles. The number of imidazole rings is 1. The van der Waals surface area contributed by atoms with E-state index >= 15 is 0 Å². The normalized spacial score (nSPS) is 11.9. The summed E-state index contributed by atoms with van der Waals surface area (Å²) in [6.07, 6.45) is 3.73. The Bertz CT molecular complexity index is 843. The maximum atomic E-state index is 12.3. The van der Waals surface area contributed by atoms with Gasteiger partial charge in [-0.3, -0.25) is 4.79 Å². The number of aromatic nitrogens is 2. The molecule has 0 radical (unpaired) electrons. The molecule has 134 valence electrons. The minimum absolute atomic E-state index is 0.0699.